The summed E-state index contributed by atoms with van der Waals surface area (Å²) >= 11 is 0. The Morgan fingerprint density at radius 3 is 2.78 bits per heavy atom. The van der Waals surface area contributed by atoms with E-state index in [0.29, 0.717) is 0 Å². The van der Waals surface area contributed by atoms with E-state index in [0.717, 1.165) is 30.5 Å². The average Bonchev–Trinajstić information content (AvgIpc) is 2.43. The molecule has 0 N–H and O–H groups in total. The first-order chi connectivity index (χ1) is 8.84. The van der Waals surface area contributed by atoms with E-state index < -0.39 is 0 Å². The van der Waals surface area contributed by atoms with E-state index in [4.69, 9.17) is 0 Å². The SMILES string of the molecule is O=C1c2ccccc2CCC1Cc1ccccn1. The Hall–Kier alpha value is -1.96. The molecule has 0 fully saturated rings. The lowest BCUT2D eigenvalue weighted by Crippen LogP contribution is -2.24. The highest BCUT2D eigenvalue weighted by atomic mass is 16.1. The number of aryl methyl sites for hydroxylation is 1. The molecule has 1 aromatic heterocycles. The van der Waals surface area contributed by atoms with Gasteiger partial charge in [-0.1, -0.05) is 30.3 Å². The lowest BCUT2D eigenvalue weighted by Gasteiger charge is -2.22. The number of carbonyl (C=O) groups is 1. The predicted molar refractivity (Wildman–Crippen MR) is 70.5 cm³/mol. The molecular weight excluding hydrogens is 222 g/mol. The summed E-state index contributed by atoms with van der Waals surface area (Å²) in [6, 6.07) is 13.8. The summed E-state index contributed by atoms with van der Waals surface area (Å²) in [4.78, 5) is 16.7. The van der Waals surface area contributed by atoms with Gasteiger partial charge < -0.3 is 0 Å². The molecule has 0 saturated carbocycles. The molecular formula is C16H15NO. The van der Waals surface area contributed by atoms with Gasteiger partial charge in [0.25, 0.3) is 0 Å². The molecule has 0 spiro atoms. The zero-order chi connectivity index (χ0) is 12.4. The Bertz CT molecular complexity index is 562. The van der Waals surface area contributed by atoms with Crippen LogP contribution in [0.1, 0.15) is 28.0 Å². The van der Waals surface area contributed by atoms with Crippen molar-refractivity contribution >= 4 is 5.78 Å². The standard InChI is InChI=1S/C16H15NO/c18-16-13(11-14-6-3-4-10-17-14)9-8-12-5-1-2-7-15(12)16/h1-7,10,13H,8-9,11H2. The highest BCUT2D eigenvalue weighted by Gasteiger charge is 2.27. The predicted octanol–water partition coefficient (Wildman–Crippen LogP) is 3.07. The summed E-state index contributed by atoms with van der Waals surface area (Å²) in [6.07, 6.45) is 4.48. The lowest BCUT2D eigenvalue weighted by atomic mass is 9.80. The van der Waals surface area contributed by atoms with Crippen molar-refractivity contribution in [3.8, 4) is 0 Å². The third-order valence-electron chi connectivity index (χ3n) is 3.60. The molecule has 2 heteroatoms. The summed E-state index contributed by atoms with van der Waals surface area (Å²) in [7, 11) is 0. The highest BCUT2D eigenvalue weighted by Crippen LogP contribution is 2.27. The van der Waals surface area contributed by atoms with Crippen LogP contribution in [0, 0.1) is 5.92 Å². The monoisotopic (exact) mass is 237 g/mol. The molecule has 1 heterocycles. The van der Waals surface area contributed by atoms with Crippen LogP contribution in [0.2, 0.25) is 0 Å². The zero-order valence-electron chi connectivity index (χ0n) is 10.2. The quantitative estimate of drug-likeness (QED) is 0.803. The molecule has 2 aromatic rings. The van der Waals surface area contributed by atoms with Gasteiger partial charge in [-0.2, -0.15) is 0 Å². The Labute approximate surface area is 107 Å². The molecule has 1 unspecified atom stereocenters. The van der Waals surface area contributed by atoms with E-state index in [1.54, 1.807) is 6.20 Å². The Morgan fingerprint density at radius 1 is 1.11 bits per heavy atom. The van der Waals surface area contributed by atoms with Gasteiger partial charge in [0.2, 0.25) is 0 Å². The minimum atomic E-state index is 0.0924. The van der Waals surface area contributed by atoms with E-state index >= 15 is 0 Å². The summed E-state index contributed by atoms with van der Waals surface area (Å²) in [6.45, 7) is 0. The van der Waals surface area contributed by atoms with Crippen molar-refractivity contribution in [3.05, 3.63) is 65.5 Å². The second-order valence-corrected chi connectivity index (χ2v) is 4.78. The maximum atomic E-state index is 12.4. The van der Waals surface area contributed by atoms with Crippen LogP contribution in [0.15, 0.2) is 48.7 Å². The smallest absolute Gasteiger partial charge is 0.166 e. The fourth-order valence-electron chi connectivity index (χ4n) is 2.63. The normalized spacial score (nSPS) is 18.4. The van der Waals surface area contributed by atoms with Gasteiger partial charge in [0.15, 0.2) is 5.78 Å². The molecule has 1 atom stereocenters. The topological polar surface area (TPSA) is 30.0 Å². The van der Waals surface area contributed by atoms with Crippen molar-refractivity contribution in [3.63, 3.8) is 0 Å². The van der Waals surface area contributed by atoms with Crippen LogP contribution in [-0.4, -0.2) is 10.8 Å². The molecule has 1 aliphatic carbocycles. The molecule has 2 nitrogen and oxygen atoms in total. The van der Waals surface area contributed by atoms with E-state index in [1.807, 2.05) is 36.4 Å². The number of nitrogens with zero attached hydrogens (tertiary/aromatic N) is 1. The van der Waals surface area contributed by atoms with Gasteiger partial charge in [0.05, 0.1) is 0 Å². The van der Waals surface area contributed by atoms with Gasteiger partial charge in [-0.15, -0.1) is 0 Å². The number of hydrogen-bond donors (Lipinski definition) is 0. The van der Waals surface area contributed by atoms with Crippen molar-refractivity contribution < 1.29 is 4.79 Å². The number of ketones is 1. The van der Waals surface area contributed by atoms with E-state index in [-0.39, 0.29) is 11.7 Å². The Morgan fingerprint density at radius 2 is 1.94 bits per heavy atom. The van der Waals surface area contributed by atoms with Crippen molar-refractivity contribution in [1.29, 1.82) is 0 Å². The van der Waals surface area contributed by atoms with Gasteiger partial charge in [0.1, 0.15) is 0 Å². The van der Waals surface area contributed by atoms with Crippen molar-refractivity contribution in [2.75, 3.05) is 0 Å². The van der Waals surface area contributed by atoms with Crippen molar-refractivity contribution in [2.45, 2.75) is 19.3 Å². The average molecular weight is 237 g/mol. The van der Waals surface area contributed by atoms with Gasteiger partial charge >= 0.3 is 0 Å². The number of benzene rings is 1. The van der Waals surface area contributed by atoms with Crippen LogP contribution < -0.4 is 0 Å². The fraction of sp³-hybridized carbons (Fsp3) is 0.250. The van der Waals surface area contributed by atoms with Gasteiger partial charge in [-0.05, 0) is 37.0 Å². The minimum absolute atomic E-state index is 0.0924. The number of rotatable bonds is 2. The molecule has 0 radical (unpaired) electrons. The number of aromatic nitrogens is 1. The maximum Gasteiger partial charge on any atom is 0.166 e. The summed E-state index contributed by atoms with van der Waals surface area (Å²) < 4.78 is 0. The van der Waals surface area contributed by atoms with Crippen molar-refractivity contribution in [2.24, 2.45) is 5.92 Å². The van der Waals surface area contributed by atoms with E-state index in [2.05, 4.69) is 11.1 Å². The highest BCUT2D eigenvalue weighted by molar-refractivity contribution is 6.00. The maximum absolute atomic E-state index is 12.4. The molecule has 0 saturated heterocycles. The van der Waals surface area contributed by atoms with E-state index in [1.165, 1.54) is 5.56 Å². The third-order valence-corrected chi connectivity index (χ3v) is 3.60. The van der Waals surface area contributed by atoms with Gasteiger partial charge in [-0.25, -0.2) is 0 Å². The lowest BCUT2D eigenvalue weighted by molar-refractivity contribution is 0.0900. The Kier molecular flexibility index (Phi) is 2.93. The molecule has 0 bridgehead atoms. The van der Waals surface area contributed by atoms with Crippen LogP contribution >= 0.6 is 0 Å². The van der Waals surface area contributed by atoms with Gasteiger partial charge in [0, 0.05) is 23.4 Å². The molecule has 0 aliphatic heterocycles. The number of carbonyl (C=O) groups excluding carboxylic acids is 1. The summed E-state index contributed by atoms with van der Waals surface area (Å²) in [5.41, 5.74) is 3.11. The van der Waals surface area contributed by atoms with Gasteiger partial charge in [-0.3, -0.25) is 9.78 Å². The third kappa shape index (κ3) is 2.06. The second-order valence-electron chi connectivity index (χ2n) is 4.78. The molecule has 1 aliphatic rings. The fourth-order valence-corrected chi connectivity index (χ4v) is 2.63. The zero-order valence-corrected chi connectivity index (χ0v) is 10.2. The van der Waals surface area contributed by atoms with Crippen LogP contribution in [0.3, 0.4) is 0 Å². The molecule has 1 aromatic carbocycles. The molecule has 0 amide bonds. The first kappa shape index (κ1) is 11.1. The summed E-state index contributed by atoms with van der Waals surface area (Å²) in [5, 5.41) is 0. The van der Waals surface area contributed by atoms with Crippen LogP contribution in [-0.2, 0) is 12.8 Å². The van der Waals surface area contributed by atoms with Crippen LogP contribution in [0.4, 0.5) is 0 Å². The number of Topliss-reactive ketones (excluding diaryl/α,β-unsaturated/α-hetero) is 1. The molecule has 90 valence electrons. The molecule has 18 heavy (non-hydrogen) atoms. The Balaban J connectivity index is 1.83. The van der Waals surface area contributed by atoms with E-state index in [9.17, 15) is 4.79 Å². The first-order valence-electron chi connectivity index (χ1n) is 6.36. The number of pyridine rings is 1. The van der Waals surface area contributed by atoms with Crippen LogP contribution in [0.5, 0.6) is 0 Å². The molecule has 3 rings (SSSR count). The second kappa shape index (κ2) is 4.73. The van der Waals surface area contributed by atoms with Crippen LogP contribution in [0.25, 0.3) is 0 Å². The number of hydrogen-bond acceptors (Lipinski definition) is 2. The first-order valence-corrected chi connectivity index (χ1v) is 6.36. The van der Waals surface area contributed by atoms with Crippen molar-refractivity contribution in [1.82, 2.24) is 4.98 Å². The largest absolute Gasteiger partial charge is 0.294 e. The summed E-state index contributed by atoms with van der Waals surface area (Å²) in [5.74, 6) is 0.373. The number of fused-ring (bicyclic) bond motifs is 1. The minimum Gasteiger partial charge on any atom is -0.294 e.